The molecule has 1 nitrogen and oxygen atoms in total. The third kappa shape index (κ3) is 2.36. The molecule has 0 aromatic heterocycles. The van der Waals surface area contributed by atoms with E-state index in [0.29, 0.717) is 0 Å². The van der Waals surface area contributed by atoms with Gasteiger partial charge in [0.25, 0.3) is 0 Å². The zero-order valence-corrected chi connectivity index (χ0v) is 8.85. The molecule has 0 aromatic carbocycles. The Morgan fingerprint density at radius 3 is 2.75 bits per heavy atom. The van der Waals surface area contributed by atoms with Crippen molar-refractivity contribution < 1.29 is 0 Å². The highest BCUT2D eigenvalue weighted by atomic mass is 32.2. The van der Waals surface area contributed by atoms with Gasteiger partial charge in [-0.2, -0.15) is 0 Å². The van der Waals surface area contributed by atoms with Crippen molar-refractivity contribution in [3.63, 3.8) is 0 Å². The molecule has 0 aromatic rings. The molecule has 1 aliphatic heterocycles. The van der Waals surface area contributed by atoms with Crippen LogP contribution in [0.1, 0.15) is 32.1 Å². The summed E-state index contributed by atoms with van der Waals surface area (Å²) in [5.74, 6) is 0. The SMILES string of the molecule is C1=C(NC2CCCCC2)SCS1. The van der Waals surface area contributed by atoms with Gasteiger partial charge in [-0.15, -0.1) is 11.8 Å². The maximum atomic E-state index is 3.62. The topological polar surface area (TPSA) is 12.0 Å². The number of hydrogen-bond donors (Lipinski definition) is 1. The molecule has 1 N–H and O–H groups in total. The second-order valence-electron chi connectivity index (χ2n) is 3.39. The predicted octanol–water partition coefficient (Wildman–Crippen LogP) is 3.15. The van der Waals surface area contributed by atoms with Crippen molar-refractivity contribution in [1.82, 2.24) is 5.32 Å². The van der Waals surface area contributed by atoms with Gasteiger partial charge in [0.2, 0.25) is 0 Å². The number of thioether (sulfide) groups is 2. The molecular formula is C9H15NS2. The Kier molecular flexibility index (Phi) is 3.29. The molecule has 1 fully saturated rings. The fourth-order valence-electron chi connectivity index (χ4n) is 1.77. The minimum Gasteiger partial charge on any atom is -0.377 e. The first-order valence-electron chi connectivity index (χ1n) is 4.66. The van der Waals surface area contributed by atoms with Gasteiger partial charge in [-0.05, 0) is 12.8 Å². The van der Waals surface area contributed by atoms with Gasteiger partial charge in [-0.1, -0.05) is 31.0 Å². The molecule has 0 unspecified atom stereocenters. The van der Waals surface area contributed by atoms with Gasteiger partial charge in [0.15, 0.2) is 0 Å². The average Bonchev–Trinajstić information content (AvgIpc) is 2.59. The van der Waals surface area contributed by atoms with Crippen LogP contribution in [0.4, 0.5) is 0 Å². The van der Waals surface area contributed by atoms with Gasteiger partial charge in [-0.3, -0.25) is 0 Å². The Hall–Kier alpha value is 0.240. The second-order valence-corrected chi connectivity index (χ2v) is 5.63. The maximum Gasteiger partial charge on any atom is 0.0756 e. The van der Waals surface area contributed by atoms with Crippen molar-refractivity contribution in [3.8, 4) is 0 Å². The third-order valence-electron chi connectivity index (χ3n) is 2.42. The first-order valence-corrected chi connectivity index (χ1v) is 6.70. The molecule has 68 valence electrons. The van der Waals surface area contributed by atoms with Crippen LogP contribution in [0.3, 0.4) is 0 Å². The molecule has 0 atom stereocenters. The van der Waals surface area contributed by atoms with Crippen molar-refractivity contribution in [2.45, 2.75) is 38.1 Å². The fraction of sp³-hybridized carbons (Fsp3) is 0.778. The van der Waals surface area contributed by atoms with Crippen LogP contribution in [0.25, 0.3) is 0 Å². The van der Waals surface area contributed by atoms with E-state index < -0.39 is 0 Å². The summed E-state index contributed by atoms with van der Waals surface area (Å²) in [6, 6.07) is 0.774. The lowest BCUT2D eigenvalue weighted by Gasteiger charge is -2.23. The first kappa shape index (κ1) is 8.82. The van der Waals surface area contributed by atoms with E-state index in [1.54, 1.807) is 0 Å². The van der Waals surface area contributed by atoms with Gasteiger partial charge in [0, 0.05) is 16.5 Å². The standard InChI is InChI=1S/C9H15NS2/c1-2-4-8(5-3-1)10-9-6-11-7-12-9/h6,8,10H,1-5,7H2. The molecule has 2 rings (SSSR count). The van der Waals surface area contributed by atoms with E-state index in [1.165, 1.54) is 42.2 Å². The van der Waals surface area contributed by atoms with Gasteiger partial charge < -0.3 is 5.32 Å². The van der Waals surface area contributed by atoms with Crippen LogP contribution in [0.15, 0.2) is 10.4 Å². The summed E-state index contributed by atoms with van der Waals surface area (Å²) < 4.78 is 0. The van der Waals surface area contributed by atoms with E-state index in [0.717, 1.165) is 6.04 Å². The molecule has 1 aliphatic carbocycles. The Morgan fingerprint density at radius 1 is 1.25 bits per heavy atom. The van der Waals surface area contributed by atoms with Crippen molar-refractivity contribution in [1.29, 1.82) is 0 Å². The van der Waals surface area contributed by atoms with E-state index >= 15 is 0 Å². The Bertz CT molecular complexity index is 173. The summed E-state index contributed by atoms with van der Waals surface area (Å²) in [6.45, 7) is 0. The summed E-state index contributed by atoms with van der Waals surface area (Å²) in [4.78, 5) is 0. The highest BCUT2D eigenvalue weighted by Crippen LogP contribution is 2.31. The van der Waals surface area contributed by atoms with Crippen LogP contribution < -0.4 is 5.32 Å². The molecule has 0 saturated heterocycles. The normalized spacial score (nSPS) is 25.5. The summed E-state index contributed by atoms with van der Waals surface area (Å²) >= 11 is 3.86. The second kappa shape index (κ2) is 4.47. The number of hydrogen-bond acceptors (Lipinski definition) is 3. The molecule has 12 heavy (non-hydrogen) atoms. The summed E-state index contributed by atoms with van der Waals surface area (Å²) in [7, 11) is 0. The van der Waals surface area contributed by atoms with E-state index in [2.05, 4.69) is 10.7 Å². The quantitative estimate of drug-likeness (QED) is 0.737. The highest BCUT2D eigenvalue weighted by Gasteiger charge is 2.15. The van der Waals surface area contributed by atoms with Gasteiger partial charge >= 0.3 is 0 Å². The van der Waals surface area contributed by atoms with Crippen LogP contribution in [0, 0.1) is 0 Å². The lowest BCUT2D eigenvalue weighted by molar-refractivity contribution is 0.402. The zero-order chi connectivity index (χ0) is 8.23. The van der Waals surface area contributed by atoms with Crippen molar-refractivity contribution >= 4 is 23.5 Å². The van der Waals surface area contributed by atoms with Crippen molar-refractivity contribution in [2.24, 2.45) is 0 Å². The van der Waals surface area contributed by atoms with Gasteiger partial charge in [0.05, 0.1) is 5.03 Å². The Morgan fingerprint density at radius 2 is 2.08 bits per heavy atom. The largest absolute Gasteiger partial charge is 0.377 e. The van der Waals surface area contributed by atoms with E-state index in [1.807, 2.05) is 23.5 Å². The lowest BCUT2D eigenvalue weighted by atomic mass is 9.96. The van der Waals surface area contributed by atoms with E-state index in [-0.39, 0.29) is 0 Å². The smallest absolute Gasteiger partial charge is 0.0756 e. The third-order valence-corrected chi connectivity index (χ3v) is 4.54. The van der Waals surface area contributed by atoms with Crippen molar-refractivity contribution in [2.75, 3.05) is 5.08 Å². The molecule has 1 saturated carbocycles. The molecule has 1 heterocycles. The Balaban J connectivity index is 1.77. The predicted molar refractivity (Wildman–Crippen MR) is 58.1 cm³/mol. The monoisotopic (exact) mass is 201 g/mol. The molecule has 0 amide bonds. The average molecular weight is 201 g/mol. The van der Waals surface area contributed by atoms with Crippen molar-refractivity contribution in [3.05, 3.63) is 10.4 Å². The van der Waals surface area contributed by atoms with E-state index in [9.17, 15) is 0 Å². The maximum absolute atomic E-state index is 3.62. The van der Waals surface area contributed by atoms with Gasteiger partial charge in [0.1, 0.15) is 0 Å². The van der Waals surface area contributed by atoms with Gasteiger partial charge in [-0.25, -0.2) is 0 Å². The first-order chi connectivity index (χ1) is 5.95. The molecule has 2 aliphatic rings. The van der Waals surface area contributed by atoms with Crippen LogP contribution >= 0.6 is 23.5 Å². The molecular weight excluding hydrogens is 186 g/mol. The van der Waals surface area contributed by atoms with Crippen LogP contribution in [0.5, 0.6) is 0 Å². The zero-order valence-electron chi connectivity index (χ0n) is 7.21. The number of rotatable bonds is 2. The summed E-state index contributed by atoms with van der Waals surface area (Å²) in [5.41, 5.74) is 0. The van der Waals surface area contributed by atoms with E-state index in [4.69, 9.17) is 0 Å². The van der Waals surface area contributed by atoms with Crippen LogP contribution in [-0.4, -0.2) is 11.1 Å². The molecule has 0 bridgehead atoms. The fourth-order valence-corrected chi connectivity index (χ4v) is 3.76. The minimum atomic E-state index is 0.774. The highest BCUT2D eigenvalue weighted by molar-refractivity contribution is 8.21. The van der Waals surface area contributed by atoms with Crippen LogP contribution in [0.2, 0.25) is 0 Å². The summed E-state index contributed by atoms with van der Waals surface area (Å²) in [5, 5.41) is 8.50. The molecule has 0 radical (unpaired) electrons. The number of nitrogens with one attached hydrogen (secondary N) is 1. The molecule has 3 heteroatoms. The van der Waals surface area contributed by atoms with Crippen LogP contribution in [-0.2, 0) is 0 Å². The Labute approximate surface area is 82.8 Å². The lowest BCUT2D eigenvalue weighted by Crippen LogP contribution is -2.28. The summed E-state index contributed by atoms with van der Waals surface area (Å²) in [6.07, 6.45) is 7.04. The molecule has 0 spiro atoms. The minimum absolute atomic E-state index is 0.774.